The quantitative estimate of drug-likeness (QED) is 0.790. The molecule has 1 rings (SSSR count). The van der Waals surface area contributed by atoms with Crippen molar-refractivity contribution in [2.45, 2.75) is 59.0 Å². The van der Waals surface area contributed by atoms with Crippen LogP contribution in [0.25, 0.3) is 0 Å². The maximum absolute atomic E-state index is 12.1. The van der Waals surface area contributed by atoms with Crippen molar-refractivity contribution >= 4 is 11.9 Å². The van der Waals surface area contributed by atoms with Gasteiger partial charge in [-0.2, -0.15) is 0 Å². The summed E-state index contributed by atoms with van der Waals surface area (Å²) in [6, 6.07) is 0. The van der Waals surface area contributed by atoms with Gasteiger partial charge in [0.05, 0.1) is 6.54 Å². The molecule has 0 spiro atoms. The minimum atomic E-state index is -0.519. The Balaban J connectivity index is 2.41. The zero-order valence-corrected chi connectivity index (χ0v) is 12.9. The van der Waals surface area contributed by atoms with Crippen molar-refractivity contribution in [2.75, 3.05) is 13.6 Å². The molecule has 4 heteroatoms. The van der Waals surface area contributed by atoms with Crippen molar-refractivity contribution in [1.82, 2.24) is 4.90 Å². The van der Waals surface area contributed by atoms with Crippen LogP contribution < -0.4 is 0 Å². The molecule has 0 aromatic carbocycles. The number of ketones is 1. The Hall–Kier alpha value is -1.06. The van der Waals surface area contributed by atoms with Crippen molar-refractivity contribution in [1.29, 1.82) is 0 Å². The number of rotatable bonds is 3. The summed E-state index contributed by atoms with van der Waals surface area (Å²) in [6.45, 7) is 7.86. The first-order valence-corrected chi connectivity index (χ1v) is 7.16. The van der Waals surface area contributed by atoms with Crippen LogP contribution in [0.4, 0.5) is 4.79 Å². The molecule has 1 amide bonds. The van der Waals surface area contributed by atoms with E-state index in [1.165, 1.54) is 4.90 Å². The Labute approximate surface area is 116 Å². The molecule has 19 heavy (non-hydrogen) atoms. The Morgan fingerprint density at radius 1 is 1.16 bits per heavy atom. The summed E-state index contributed by atoms with van der Waals surface area (Å²) in [7, 11) is 1.62. The van der Waals surface area contributed by atoms with E-state index in [1.807, 2.05) is 20.8 Å². The SMILES string of the molecule is CN(CC(=O)[C@H]1CC[C@@H](C)CC1)C(=O)OC(C)(C)C. The number of amides is 1. The van der Waals surface area contributed by atoms with E-state index in [4.69, 9.17) is 4.74 Å². The Morgan fingerprint density at radius 2 is 1.68 bits per heavy atom. The van der Waals surface area contributed by atoms with Gasteiger partial charge in [0.1, 0.15) is 5.60 Å². The molecule has 0 atom stereocenters. The van der Waals surface area contributed by atoms with Gasteiger partial charge in [0, 0.05) is 13.0 Å². The second-order valence-corrected chi connectivity index (χ2v) is 6.76. The number of likely N-dealkylation sites (N-methyl/N-ethyl adjacent to an activating group) is 1. The van der Waals surface area contributed by atoms with Crippen LogP contribution in [0.15, 0.2) is 0 Å². The number of carbonyl (C=O) groups is 2. The summed E-state index contributed by atoms with van der Waals surface area (Å²) in [5.74, 6) is 1.02. The van der Waals surface area contributed by atoms with Crippen molar-refractivity contribution < 1.29 is 14.3 Å². The van der Waals surface area contributed by atoms with E-state index in [1.54, 1.807) is 7.05 Å². The zero-order valence-electron chi connectivity index (χ0n) is 12.9. The highest BCUT2D eigenvalue weighted by Crippen LogP contribution is 2.28. The Bertz CT molecular complexity index is 325. The summed E-state index contributed by atoms with van der Waals surface area (Å²) < 4.78 is 5.24. The lowest BCUT2D eigenvalue weighted by atomic mass is 9.81. The number of Topliss-reactive ketones (excluding diaryl/α,β-unsaturated/α-hetero) is 1. The fourth-order valence-corrected chi connectivity index (χ4v) is 2.35. The van der Waals surface area contributed by atoms with Crippen molar-refractivity contribution in [3.05, 3.63) is 0 Å². The molecule has 110 valence electrons. The summed E-state index contributed by atoms with van der Waals surface area (Å²) in [6.07, 6.45) is 3.73. The van der Waals surface area contributed by atoms with Crippen LogP contribution in [-0.2, 0) is 9.53 Å². The van der Waals surface area contributed by atoms with Gasteiger partial charge < -0.3 is 9.64 Å². The van der Waals surface area contributed by atoms with Crippen molar-refractivity contribution in [3.63, 3.8) is 0 Å². The third-order valence-electron chi connectivity index (χ3n) is 3.57. The molecule has 0 N–H and O–H groups in total. The highest BCUT2D eigenvalue weighted by atomic mass is 16.6. The van der Waals surface area contributed by atoms with Gasteiger partial charge in [0.25, 0.3) is 0 Å². The van der Waals surface area contributed by atoms with E-state index in [0.29, 0.717) is 0 Å². The topological polar surface area (TPSA) is 46.6 Å². The first-order valence-electron chi connectivity index (χ1n) is 7.16. The molecule has 0 aromatic rings. The standard InChI is InChI=1S/C15H27NO3/c1-11-6-8-12(9-7-11)13(17)10-16(5)14(18)19-15(2,3)4/h11-12H,6-10H2,1-5H3/t11-,12+. The number of hydrogen-bond acceptors (Lipinski definition) is 3. The second kappa shape index (κ2) is 6.40. The van der Waals surface area contributed by atoms with Gasteiger partial charge >= 0.3 is 6.09 Å². The molecule has 1 aliphatic rings. The average molecular weight is 269 g/mol. The predicted octanol–water partition coefficient (Wildman–Crippen LogP) is 3.25. The highest BCUT2D eigenvalue weighted by Gasteiger charge is 2.27. The molecular weight excluding hydrogens is 242 g/mol. The molecule has 0 aromatic heterocycles. The van der Waals surface area contributed by atoms with E-state index in [2.05, 4.69) is 6.92 Å². The third kappa shape index (κ3) is 5.62. The van der Waals surface area contributed by atoms with E-state index >= 15 is 0 Å². The Kier molecular flexibility index (Phi) is 5.39. The van der Waals surface area contributed by atoms with Gasteiger partial charge in [0.15, 0.2) is 5.78 Å². The van der Waals surface area contributed by atoms with Crippen LogP contribution in [-0.4, -0.2) is 36.0 Å². The fraction of sp³-hybridized carbons (Fsp3) is 0.867. The van der Waals surface area contributed by atoms with Gasteiger partial charge in [-0.15, -0.1) is 0 Å². The third-order valence-corrected chi connectivity index (χ3v) is 3.57. The molecule has 1 aliphatic carbocycles. The number of carbonyl (C=O) groups excluding carboxylic acids is 2. The first-order chi connectivity index (χ1) is 8.69. The van der Waals surface area contributed by atoms with Gasteiger partial charge in [-0.05, 0) is 39.5 Å². The molecule has 0 unspecified atom stereocenters. The maximum Gasteiger partial charge on any atom is 0.410 e. The first kappa shape index (κ1) is 16.0. The van der Waals surface area contributed by atoms with Gasteiger partial charge in [-0.25, -0.2) is 4.79 Å². The van der Waals surface area contributed by atoms with E-state index in [-0.39, 0.29) is 18.2 Å². The minimum absolute atomic E-state index is 0.126. The molecule has 0 saturated heterocycles. The van der Waals surface area contributed by atoms with Crippen molar-refractivity contribution in [2.24, 2.45) is 11.8 Å². The number of hydrogen-bond donors (Lipinski definition) is 0. The lowest BCUT2D eigenvalue weighted by Crippen LogP contribution is -2.39. The molecular formula is C15H27NO3. The zero-order chi connectivity index (χ0) is 14.6. The number of nitrogens with zero attached hydrogens (tertiary/aromatic N) is 1. The van der Waals surface area contributed by atoms with Crippen molar-refractivity contribution in [3.8, 4) is 0 Å². The van der Waals surface area contributed by atoms with Gasteiger partial charge in [-0.1, -0.05) is 19.8 Å². The molecule has 0 bridgehead atoms. The smallest absolute Gasteiger partial charge is 0.410 e. The average Bonchev–Trinajstić information content (AvgIpc) is 2.27. The molecule has 0 heterocycles. The van der Waals surface area contributed by atoms with Gasteiger partial charge in [-0.3, -0.25) is 4.79 Å². The van der Waals surface area contributed by atoms with Crippen LogP contribution >= 0.6 is 0 Å². The molecule has 4 nitrogen and oxygen atoms in total. The van der Waals surface area contributed by atoms with E-state index in [9.17, 15) is 9.59 Å². The van der Waals surface area contributed by atoms with E-state index in [0.717, 1.165) is 31.6 Å². The van der Waals surface area contributed by atoms with Crippen LogP contribution in [0, 0.1) is 11.8 Å². The second-order valence-electron chi connectivity index (χ2n) is 6.76. The number of ether oxygens (including phenoxy) is 1. The van der Waals surface area contributed by atoms with Gasteiger partial charge in [0.2, 0.25) is 0 Å². The molecule has 0 radical (unpaired) electrons. The maximum atomic E-state index is 12.1. The highest BCUT2D eigenvalue weighted by molar-refractivity contribution is 5.86. The summed E-state index contributed by atoms with van der Waals surface area (Å²) in [4.78, 5) is 25.3. The normalized spacial score (nSPS) is 23.8. The molecule has 1 saturated carbocycles. The monoisotopic (exact) mass is 269 g/mol. The lowest BCUT2D eigenvalue weighted by molar-refractivity contribution is -0.124. The summed E-state index contributed by atoms with van der Waals surface area (Å²) in [5.41, 5.74) is -0.519. The summed E-state index contributed by atoms with van der Waals surface area (Å²) in [5, 5.41) is 0. The fourth-order valence-electron chi connectivity index (χ4n) is 2.35. The predicted molar refractivity (Wildman–Crippen MR) is 75.0 cm³/mol. The molecule has 1 fully saturated rings. The van der Waals surface area contributed by atoms with Crippen LogP contribution in [0.2, 0.25) is 0 Å². The van der Waals surface area contributed by atoms with Crippen LogP contribution in [0.1, 0.15) is 53.4 Å². The van der Waals surface area contributed by atoms with Crippen LogP contribution in [0.5, 0.6) is 0 Å². The summed E-state index contributed by atoms with van der Waals surface area (Å²) >= 11 is 0. The minimum Gasteiger partial charge on any atom is -0.444 e. The Morgan fingerprint density at radius 3 is 2.16 bits per heavy atom. The van der Waals surface area contributed by atoms with Crippen LogP contribution in [0.3, 0.4) is 0 Å². The lowest BCUT2D eigenvalue weighted by Gasteiger charge is -2.28. The van der Waals surface area contributed by atoms with E-state index < -0.39 is 11.7 Å². The molecule has 0 aliphatic heterocycles. The largest absolute Gasteiger partial charge is 0.444 e.